The van der Waals surface area contributed by atoms with Gasteiger partial charge in [0.2, 0.25) is 0 Å². The lowest BCUT2D eigenvalue weighted by molar-refractivity contribution is -0.143. The van der Waals surface area contributed by atoms with E-state index in [0.717, 1.165) is 18.7 Å². The van der Waals surface area contributed by atoms with Crippen molar-refractivity contribution in [3.8, 4) is 0 Å². The molecule has 0 aromatic heterocycles. The molecule has 0 fully saturated rings. The summed E-state index contributed by atoms with van der Waals surface area (Å²) in [7, 11) is 0. The van der Waals surface area contributed by atoms with E-state index in [2.05, 4.69) is 12.2 Å². The first kappa shape index (κ1) is 27.0. The Morgan fingerprint density at radius 2 is 1.29 bits per heavy atom. The molecule has 0 heterocycles. The number of ether oxygens (including phenoxy) is 2. The van der Waals surface area contributed by atoms with E-state index in [1.54, 1.807) is 19.1 Å². The van der Waals surface area contributed by atoms with Crippen LogP contribution in [0.2, 0.25) is 0 Å². The molecule has 0 radical (unpaired) electrons. The van der Waals surface area contributed by atoms with Crippen molar-refractivity contribution in [1.29, 1.82) is 0 Å². The predicted molar refractivity (Wildman–Crippen MR) is 128 cm³/mol. The summed E-state index contributed by atoms with van der Waals surface area (Å²) in [4.78, 5) is 23.2. The molecule has 1 aromatic carbocycles. The molecule has 0 spiro atoms. The molecular weight excluding hydrogens is 390 g/mol. The second-order valence-electron chi connectivity index (χ2n) is 8.08. The fraction of sp³-hybridized carbons (Fsp3) is 0.692. The van der Waals surface area contributed by atoms with E-state index in [9.17, 15) is 9.59 Å². The van der Waals surface area contributed by atoms with Crippen LogP contribution in [0.1, 0.15) is 108 Å². The van der Waals surface area contributed by atoms with Gasteiger partial charge in [-0.05, 0) is 37.6 Å². The van der Waals surface area contributed by atoms with Crippen molar-refractivity contribution >= 4 is 17.6 Å². The third-order valence-corrected chi connectivity index (χ3v) is 5.32. The van der Waals surface area contributed by atoms with Gasteiger partial charge in [0.1, 0.15) is 6.61 Å². The molecule has 5 heteroatoms. The topological polar surface area (TPSA) is 64.6 Å². The van der Waals surface area contributed by atoms with Crippen molar-refractivity contribution < 1.29 is 19.1 Å². The Morgan fingerprint density at radius 3 is 1.84 bits per heavy atom. The van der Waals surface area contributed by atoms with E-state index in [1.807, 2.05) is 12.1 Å². The molecule has 1 aromatic rings. The summed E-state index contributed by atoms with van der Waals surface area (Å²) >= 11 is 0. The van der Waals surface area contributed by atoms with Crippen LogP contribution < -0.4 is 5.32 Å². The lowest BCUT2D eigenvalue weighted by atomic mass is 10.1. The second kappa shape index (κ2) is 18.7. The van der Waals surface area contributed by atoms with E-state index in [0.29, 0.717) is 12.2 Å². The van der Waals surface area contributed by atoms with Crippen LogP contribution in [0, 0.1) is 0 Å². The molecule has 0 aliphatic carbocycles. The van der Waals surface area contributed by atoms with Gasteiger partial charge < -0.3 is 14.8 Å². The molecule has 0 saturated heterocycles. The zero-order valence-corrected chi connectivity index (χ0v) is 19.8. The lowest BCUT2D eigenvalue weighted by Gasteiger charge is -2.08. The minimum absolute atomic E-state index is 0.0383. The zero-order valence-electron chi connectivity index (χ0n) is 19.8. The Morgan fingerprint density at radius 1 is 0.742 bits per heavy atom. The van der Waals surface area contributed by atoms with Gasteiger partial charge in [0.15, 0.2) is 0 Å². The quantitative estimate of drug-likeness (QED) is 0.190. The summed E-state index contributed by atoms with van der Waals surface area (Å²) in [6.45, 7) is 5.33. The smallest absolute Gasteiger partial charge is 0.338 e. The van der Waals surface area contributed by atoms with E-state index >= 15 is 0 Å². The van der Waals surface area contributed by atoms with Gasteiger partial charge in [-0.1, -0.05) is 77.6 Å². The molecule has 0 atom stereocenters. The summed E-state index contributed by atoms with van der Waals surface area (Å²) in [5.74, 6) is -0.774. The maximum atomic E-state index is 12.0. The molecule has 0 aliphatic heterocycles. The third-order valence-electron chi connectivity index (χ3n) is 5.32. The average Bonchev–Trinajstić information content (AvgIpc) is 2.77. The maximum Gasteiger partial charge on any atom is 0.338 e. The summed E-state index contributed by atoms with van der Waals surface area (Å²) in [5.41, 5.74) is 1.49. The molecular formula is C26H43NO4. The molecule has 0 unspecified atom stereocenters. The van der Waals surface area contributed by atoms with Crippen LogP contribution in [0.3, 0.4) is 0 Å². The molecule has 5 nitrogen and oxygen atoms in total. The maximum absolute atomic E-state index is 12.0. The zero-order chi connectivity index (χ0) is 22.6. The SMILES string of the molecule is CCCCCCCCCCCCCCNc1ccc(C(=O)OCCC(=O)OCC)cc1. The first-order valence-electron chi connectivity index (χ1n) is 12.3. The Labute approximate surface area is 189 Å². The normalized spacial score (nSPS) is 10.6. The van der Waals surface area contributed by atoms with Crippen molar-refractivity contribution in [2.24, 2.45) is 0 Å². The monoisotopic (exact) mass is 433 g/mol. The summed E-state index contributed by atoms with van der Waals surface area (Å²) < 4.78 is 9.91. The molecule has 0 amide bonds. The fourth-order valence-corrected chi connectivity index (χ4v) is 3.47. The molecule has 1 N–H and O–H groups in total. The van der Waals surface area contributed by atoms with Crippen LogP contribution in [-0.4, -0.2) is 31.7 Å². The number of unbranched alkanes of at least 4 members (excludes halogenated alkanes) is 11. The lowest BCUT2D eigenvalue weighted by Crippen LogP contribution is -2.12. The minimum Gasteiger partial charge on any atom is -0.466 e. The molecule has 1 rings (SSSR count). The predicted octanol–water partition coefficient (Wildman–Crippen LogP) is 6.91. The van der Waals surface area contributed by atoms with Crippen molar-refractivity contribution in [1.82, 2.24) is 0 Å². The van der Waals surface area contributed by atoms with Crippen LogP contribution >= 0.6 is 0 Å². The third kappa shape index (κ3) is 14.6. The summed E-state index contributed by atoms with van der Waals surface area (Å²) in [5, 5.41) is 3.41. The van der Waals surface area contributed by atoms with Gasteiger partial charge >= 0.3 is 11.9 Å². The molecule has 31 heavy (non-hydrogen) atoms. The number of esters is 2. The fourth-order valence-electron chi connectivity index (χ4n) is 3.47. The van der Waals surface area contributed by atoms with Crippen LogP contribution in [0.15, 0.2) is 24.3 Å². The van der Waals surface area contributed by atoms with Crippen molar-refractivity contribution in [3.05, 3.63) is 29.8 Å². The number of anilines is 1. The first-order valence-corrected chi connectivity index (χ1v) is 12.3. The number of nitrogens with one attached hydrogen (secondary N) is 1. The Balaban J connectivity index is 2.02. The minimum atomic E-state index is -0.420. The summed E-state index contributed by atoms with van der Waals surface area (Å²) in [6, 6.07) is 7.28. The van der Waals surface area contributed by atoms with E-state index < -0.39 is 5.97 Å². The Hall–Kier alpha value is -2.04. The molecule has 0 bridgehead atoms. The van der Waals surface area contributed by atoms with Gasteiger partial charge in [-0.2, -0.15) is 0 Å². The van der Waals surface area contributed by atoms with Crippen LogP contribution in [0.4, 0.5) is 5.69 Å². The highest BCUT2D eigenvalue weighted by atomic mass is 16.5. The van der Waals surface area contributed by atoms with Gasteiger partial charge in [0.05, 0.1) is 18.6 Å². The van der Waals surface area contributed by atoms with Crippen LogP contribution in [-0.2, 0) is 14.3 Å². The highest BCUT2D eigenvalue weighted by molar-refractivity contribution is 5.90. The van der Waals surface area contributed by atoms with E-state index in [4.69, 9.17) is 9.47 Å². The molecule has 0 aliphatic rings. The van der Waals surface area contributed by atoms with Crippen LogP contribution in [0.25, 0.3) is 0 Å². The van der Waals surface area contributed by atoms with Crippen molar-refractivity contribution in [2.75, 3.05) is 25.1 Å². The standard InChI is InChI=1S/C26H43NO4/c1-3-5-6-7-8-9-10-11-12-13-14-15-21-27-24-18-16-23(17-19-24)26(29)31-22-20-25(28)30-4-2/h16-19,27H,3-15,20-22H2,1-2H3. The average molecular weight is 434 g/mol. The van der Waals surface area contributed by atoms with Crippen molar-refractivity contribution in [2.45, 2.75) is 97.3 Å². The van der Waals surface area contributed by atoms with Crippen LogP contribution in [0.5, 0.6) is 0 Å². The van der Waals surface area contributed by atoms with Gasteiger partial charge in [-0.3, -0.25) is 4.79 Å². The highest BCUT2D eigenvalue weighted by Crippen LogP contribution is 2.13. The molecule has 176 valence electrons. The molecule has 0 saturated carbocycles. The number of rotatable bonds is 19. The summed E-state index contributed by atoms with van der Waals surface area (Å²) in [6.07, 6.45) is 16.3. The van der Waals surface area contributed by atoms with Gasteiger partial charge in [-0.15, -0.1) is 0 Å². The number of carbonyl (C=O) groups excluding carboxylic acids is 2. The number of carbonyl (C=O) groups is 2. The second-order valence-corrected chi connectivity index (χ2v) is 8.08. The number of hydrogen-bond donors (Lipinski definition) is 1. The van der Waals surface area contributed by atoms with Gasteiger partial charge in [0.25, 0.3) is 0 Å². The number of hydrogen-bond acceptors (Lipinski definition) is 5. The van der Waals surface area contributed by atoms with E-state index in [-0.39, 0.29) is 19.0 Å². The Kier molecular flexibility index (Phi) is 16.3. The first-order chi connectivity index (χ1) is 15.2. The van der Waals surface area contributed by atoms with E-state index in [1.165, 1.54) is 70.6 Å². The largest absolute Gasteiger partial charge is 0.466 e. The van der Waals surface area contributed by atoms with Gasteiger partial charge in [-0.25, -0.2) is 4.79 Å². The number of benzene rings is 1. The van der Waals surface area contributed by atoms with Crippen molar-refractivity contribution in [3.63, 3.8) is 0 Å². The van der Waals surface area contributed by atoms with Gasteiger partial charge in [0, 0.05) is 12.2 Å². The highest BCUT2D eigenvalue weighted by Gasteiger charge is 2.09. The Bertz CT molecular complexity index is 586.